The summed E-state index contributed by atoms with van der Waals surface area (Å²) in [6, 6.07) is 1.44. The average molecular weight is 265 g/mol. The Kier molecular flexibility index (Phi) is 3.87. The number of hydrogen-bond acceptors (Lipinski definition) is 3. The summed E-state index contributed by atoms with van der Waals surface area (Å²) in [6.45, 7) is 1.72. The van der Waals surface area contributed by atoms with Crippen LogP contribution in [0.3, 0.4) is 0 Å². The van der Waals surface area contributed by atoms with Crippen molar-refractivity contribution < 1.29 is 14.7 Å². The van der Waals surface area contributed by atoms with Crippen LogP contribution in [0.1, 0.15) is 38.3 Å². The molecule has 2 unspecified atom stereocenters. The summed E-state index contributed by atoms with van der Waals surface area (Å²) < 4.78 is 0. The average Bonchev–Trinajstić information content (AvgIpc) is 2.84. The quantitative estimate of drug-likeness (QED) is 0.759. The fraction of sp³-hybridized carbons (Fsp3) is 0.615. The highest BCUT2D eigenvalue weighted by molar-refractivity contribution is 5.81. The molecule has 2 atom stereocenters. The largest absolute Gasteiger partial charge is 0.481 e. The van der Waals surface area contributed by atoms with Gasteiger partial charge in [0.1, 0.15) is 0 Å². The molecular formula is C13H19N3O3. The van der Waals surface area contributed by atoms with Gasteiger partial charge in [-0.25, -0.2) is 0 Å². The first kappa shape index (κ1) is 13.6. The number of carboxylic acids is 1. The minimum Gasteiger partial charge on any atom is -0.481 e. The summed E-state index contributed by atoms with van der Waals surface area (Å²) in [5, 5.41) is 18.7. The molecule has 1 aliphatic carbocycles. The Morgan fingerprint density at radius 2 is 2.37 bits per heavy atom. The van der Waals surface area contributed by atoms with Gasteiger partial charge in [-0.2, -0.15) is 5.10 Å². The van der Waals surface area contributed by atoms with E-state index in [4.69, 9.17) is 0 Å². The number of aliphatic carboxylic acids is 1. The molecule has 0 saturated heterocycles. The zero-order valence-electron chi connectivity index (χ0n) is 11.0. The van der Waals surface area contributed by atoms with E-state index in [0.29, 0.717) is 6.42 Å². The Hall–Kier alpha value is -1.85. The third-order valence-electron chi connectivity index (χ3n) is 3.94. The van der Waals surface area contributed by atoms with Crippen LogP contribution in [0.4, 0.5) is 0 Å². The van der Waals surface area contributed by atoms with Crippen LogP contribution in [0.2, 0.25) is 0 Å². The van der Waals surface area contributed by atoms with Crippen molar-refractivity contribution in [2.75, 3.05) is 0 Å². The monoisotopic (exact) mass is 265 g/mol. The lowest BCUT2D eigenvalue weighted by molar-refractivity contribution is -0.152. The first-order valence-electron chi connectivity index (χ1n) is 6.53. The second kappa shape index (κ2) is 5.42. The predicted molar refractivity (Wildman–Crippen MR) is 68.4 cm³/mol. The second-order valence-electron chi connectivity index (χ2n) is 5.35. The van der Waals surface area contributed by atoms with Crippen LogP contribution in [0.25, 0.3) is 0 Å². The lowest BCUT2D eigenvalue weighted by Gasteiger charge is -2.38. The standard InChI is InChI=1S/C13H19N3O3/c1-13(12(18)19)6-3-2-4-10(13)15-11(17)8-9-5-7-14-16-9/h5,7,10H,2-4,6,8H2,1H3,(H,14,16)(H,15,17)(H,18,19). The summed E-state index contributed by atoms with van der Waals surface area (Å²) in [5.41, 5.74) is -0.132. The molecule has 1 amide bonds. The number of nitrogens with one attached hydrogen (secondary N) is 2. The first-order valence-corrected chi connectivity index (χ1v) is 6.53. The SMILES string of the molecule is CC1(C(=O)O)CCCCC1NC(=O)Cc1ccn[nH]1. The number of carbonyl (C=O) groups excluding carboxylic acids is 1. The molecule has 6 nitrogen and oxygen atoms in total. The van der Waals surface area contributed by atoms with Crippen molar-refractivity contribution >= 4 is 11.9 Å². The molecular weight excluding hydrogens is 246 g/mol. The zero-order valence-corrected chi connectivity index (χ0v) is 11.0. The smallest absolute Gasteiger partial charge is 0.311 e. The lowest BCUT2D eigenvalue weighted by Crippen LogP contribution is -2.52. The maximum absolute atomic E-state index is 11.9. The molecule has 1 heterocycles. The topological polar surface area (TPSA) is 95.1 Å². The van der Waals surface area contributed by atoms with Gasteiger partial charge < -0.3 is 10.4 Å². The summed E-state index contributed by atoms with van der Waals surface area (Å²) in [5.74, 6) is -0.998. The molecule has 1 aromatic rings. The summed E-state index contributed by atoms with van der Waals surface area (Å²) >= 11 is 0. The van der Waals surface area contributed by atoms with Crippen molar-refractivity contribution in [2.45, 2.75) is 45.1 Å². The normalized spacial score (nSPS) is 26.9. The number of hydrogen-bond donors (Lipinski definition) is 3. The Morgan fingerprint density at radius 3 is 3.00 bits per heavy atom. The number of aromatic nitrogens is 2. The molecule has 1 aliphatic rings. The van der Waals surface area contributed by atoms with Crippen molar-refractivity contribution in [1.82, 2.24) is 15.5 Å². The first-order chi connectivity index (χ1) is 9.02. The minimum absolute atomic E-state index is 0.163. The zero-order chi connectivity index (χ0) is 13.9. The Bertz CT molecular complexity index is 458. The van der Waals surface area contributed by atoms with Crippen LogP contribution in [-0.2, 0) is 16.0 Å². The van der Waals surface area contributed by atoms with Crippen molar-refractivity contribution in [3.05, 3.63) is 18.0 Å². The molecule has 19 heavy (non-hydrogen) atoms. The van der Waals surface area contributed by atoms with Gasteiger partial charge in [-0.3, -0.25) is 14.7 Å². The van der Waals surface area contributed by atoms with E-state index in [1.807, 2.05) is 0 Å². The number of nitrogens with zero attached hydrogens (tertiary/aromatic N) is 1. The number of carbonyl (C=O) groups is 2. The van der Waals surface area contributed by atoms with Gasteiger partial charge in [0.05, 0.1) is 11.8 Å². The van der Waals surface area contributed by atoms with Crippen molar-refractivity contribution in [3.63, 3.8) is 0 Å². The van der Waals surface area contributed by atoms with Crippen LogP contribution in [0.5, 0.6) is 0 Å². The molecule has 0 aromatic carbocycles. The molecule has 6 heteroatoms. The summed E-state index contributed by atoms with van der Waals surface area (Å²) in [6.07, 6.45) is 4.97. The van der Waals surface area contributed by atoms with E-state index in [1.54, 1.807) is 19.2 Å². The third kappa shape index (κ3) is 2.94. The van der Waals surface area contributed by atoms with E-state index in [0.717, 1.165) is 25.0 Å². The molecule has 0 radical (unpaired) electrons. The summed E-state index contributed by atoms with van der Waals surface area (Å²) in [7, 11) is 0. The number of rotatable bonds is 4. The molecule has 0 bridgehead atoms. The van der Waals surface area contributed by atoms with Crippen molar-refractivity contribution in [2.24, 2.45) is 5.41 Å². The lowest BCUT2D eigenvalue weighted by atomic mass is 9.71. The number of H-pyrrole nitrogens is 1. The second-order valence-corrected chi connectivity index (χ2v) is 5.35. The van der Waals surface area contributed by atoms with Gasteiger partial charge in [0, 0.05) is 17.9 Å². The van der Waals surface area contributed by atoms with Crippen LogP contribution in [0.15, 0.2) is 12.3 Å². The van der Waals surface area contributed by atoms with Crippen LogP contribution in [-0.4, -0.2) is 33.2 Å². The molecule has 1 fully saturated rings. The highest BCUT2D eigenvalue weighted by Gasteiger charge is 2.43. The molecule has 2 rings (SSSR count). The molecule has 0 aliphatic heterocycles. The number of carboxylic acid groups (broad SMARTS) is 1. The van der Waals surface area contributed by atoms with Crippen LogP contribution in [0, 0.1) is 5.41 Å². The van der Waals surface area contributed by atoms with Gasteiger partial charge in [-0.1, -0.05) is 12.8 Å². The van der Waals surface area contributed by atoms with E-state index >= 15 is 0 Å². The Morgan fingerprint density at radius 1 is 1.58 bits per heavy atom. The van der Waals surface area contributed by atoms with Gasteiger partial charge >= 0.3 is 5.97 Å². The van der Waals surface area contributed by atoms with Crippen LogP contribution < -0.4 is 5.32 Å². The highest BCUT2D eigenvalue weighted by atomic mass is 16.4. The summed E-state index contributed by atoms with van der Waals surface area (Å²) in [4.78, 5) is 23.4. The Labute approximate surface area is 111 Å². The van der Waals surface area contributed by atoms with Gasteiger partial charge in [-0.05, 0) is 25.8 Å². The van der Waals surface area contributed by atoms with Gasteiger partial charge in [-0.15, -0.1) is 0 Å². The Balaban J connectivity index is 1.99. The molecule has 1 saturated carbocycles. The minimum atomic E-state index is -0.859. The van der Waals surface area contributed by atoms with Gasteiger partial charge in [0.2, 0.25) is 5.91 Å². The van der Waals surface area contributed by atoms with E-state index < -0.39 is 11.4 Å². The number of amides is 1. The van der Waals surface area contributed by atoms with E-state index in [-0.39, 0.29) is 18.4 Å². The highest BCUT2D eigenvalue weighted by Crippen LogP contribution is 2.36. The molecule has 3 N–H and O–H groups in total. The van der Waals surface area contributed by atoms with Crippen molar-refractivity contribution in [1.29, 1.82) is 0 Å². The third-order valence-corrected chi connectivity index (χ3v) is 3.94. The molecule has 1 aromatic heterocycles. The van der Waals surface area contributed by atoms with E-state index in [9.17, 15) is 14.7 Å². The van der Waals surface area contributed by atoms with Gasteiger partial charge in [0.25, 0.3) is 0 Å². The van der Waals surface area contributed by atoms with Gasteiger partial charge in [0.15, 0.2) is 0 Å². The van der Waals surface area contributed by atoms with E-state index in [1.165, 1.54) is 0 Å². The number of aromatic amines is 1. The maximum Gasteiger partial charge on any atom is 0.311 e. The molecule has 104 valence electrons. The van der Waals surface area contributed by atoms with E-state index in [2.05, 4.69) is 15.5 Å². The van der Waals surface area contributed by atoms with Crippen molar-refractivity contribution in [3.8, 4) is 0 Å². The van der Waals surface area contributed by atoms with Crippen LogP contribution >= 0.6 is 0 Å². The molecule has 0 spiro atoms. The fourth-order valence-electron chi connectivity index (χ4n) is 2.62. The predicted octanol–water partition coefficient (Wildman–Crippen LogP) is 1.10. The fourth-order valence-corrected chi connectivity index (χ4v) is 2.62. The maximum atomic E-state index is 11.9.